The Hall–Kier alpha value is -1.87. The van der Waals surface area contributed by atoms with Crippen LogP contribution in [0.5, 0.6) is 0 Å². The van der Waals surface area contributed by atoms with Gasteiger partial charge in [-0.3, -0.25) is 0 Å². The molecule has 0 unspecified atom stereocenters. The van der Waals surface area contributed by atoms with Crippen molar-refractivity contribution in [2.45, 2.75) is 18.4 Å². The van der Waals surface area contributed by atoms with E-state index in [-0.39, 0.29) is 11.4 Å². The van der Waals surface area contributed by atoms with Crippen molar-refractivity contribution in [2.75, 3.05) is 7.05 Å². The van der Waals surface area contributed by atoms with Gasteiger partial charge in [0.1, 0.15) is 5.82 Å². The van der Waals surface area contributed by atoms with Crippen LogP contribution in [0.15, 0.2) is 23.1 Å². The number of aryl methyl sites for hydroxylation is 2. The molecule has 2 aromatic rings. The Bertz CT molecular complexity index is 728. The van der Waals surface area contributed by atoms with Crippen LogP contribution >= 0.6 is 0 Å². The molecular formula is C11H14FN5O2S. The summed E-state index contributed by atoms with van der Waals surface area (Å²) in [5.41, 5.74) is 0.355. The highest BCUT2D eigenvalue weighted by atomic mass is 32.2. The summed E-state index contributed by atoms with van der Waals surface area (Å²) in [5.74, 6) is -0.0579. The maximum atomic E-state index is 13.1. The minimum Gasteiger partial charge on any atom is -0.231 e. The molecule has 0 aliphatic carbocycles. The number of halogens is 1. The van der Waals surface area contributed by atoms with Gasteiger partial charge in [-0.1, -0.05) is 0 Å². The van der Waals surface area contributed by atoms with E-state index in [1.165, 1.54) is 23.9 Å². The van der Waals surface area contributed by atoms with Crippen molar-refractivity contribution in [3.8, 4) is 0 Å². The van der Waals surface area contributed by atoms with Gasteiger partial charge in [-0.05, 0) is 41.1 Å². The third-order valence-electron chi connectivity index (χ3n) is 2.90. The molecule has 0 radical (unpaired) electrons. The Balaban J connectivity index is 2.32. The molecule has 1 aromatic heterocycles. The van der Waals surface area contributed by atoms with Crippen LogP contribution in [0.4, 0.5) is 4.39 Å². The van der Waals surface area contributed by atoms with E-state index in [4.69, 9.17) is 0 Å². The Morgan fingerprint density at radius 3 is 2.65 bits per heavy atom. The highest BCUT2D eigenvalue weighted by Gasteiger charge is 2.24. The van der Waals surface area contributed by atoms with E-state index >= 15 is 0 Å². The Labute approximate surface area is 116 Å². The molecule has 0 saturated heterocycles. The van der Waals surface area contributed by atoms with Crippen LogP contribution in [-0.2, 0) is 23.6 Å². The van der Waals surface area contributed by atoms with Crippen molar-refractivity contribution in [3.63, 3.8) is 0 Å². The van der Waals surface area contributed by atoms with Gasteiger partial charge in [-0.25, -0.2) is 17.5 Å². The first-order valence-electron chi connectivity index (χ1n) is 5.76. The Kier molecular flexibility index (Phi) is 3.82. The van der Waals surface area contributed by atoms with E-state index in [0.717, 1.165) is 10.4 Å². The molecule has 0 atom stereocenters. The summed E-state index contributed by atoms with van der Waals surface area (Å²) < 4.78 is 40.4. The van der Waals surface area contributed by atoms with Crippen LogP contribution in [0, 0.1) is 12.7 Å². The lowest BCUT2D eigenvalue weighted by atomic mass is 10.2. The molecule has 0 N–H and O–H groups in total. The van der Waals surface area contributed by atoms with Crippen LogP contribution in [-0.4, -0.2) is 40.0 Å². The van der Waals surface area contributed by atoms with Gasteiger partial charge >= 0.3 is 0 Å². The molecule has 0 aliphatic heterocycles. The zero-order chi connectivity index (χ0) is 14.9. The number of hydrogen-bond donors (Lipinski definition) is 0. The lowest BCUT2D eigenvalue weighted by Gasteiger charge is -2.17. The number of sulfonamides is 1. The van der Waals surface area contributed by atoms with E-state index in [0.29, 0.717) is 11.4 Å². The molecule has 0 saturated carbocycles. The number of rotatable bonds is 4. The van der Waals surface area contributed by atoms with Crippen molar-refractivity contribution >= 4 is 10.0 Å². The zero-order valence-electron chi connectivity index (χ0n) is 11.3. The molecule has 9 heteroatoms. The fraction of sp³-hybridized carbons (Fsp3) is 0.364. The van der Waals surface area contributed by atoms with Gasteiger partial charge < -0.3 is 0 Å². The van der Waals surface area contributed by atoms with E-state index in [9.17, 15) is 12.8 Å². The molecule has 1 aromatic carbocycles. The van der Waals surface area contributed by atoms with Crippen LogP contribution in [0.25, 0.3) is 0 Å². The maximum absolute atomic E-state index is 13.1. The molecule has 20 heavy (non-hydrogen) atoms. The van der Waals surface area contributed by atoms with Crippen molar-refractivity contribution in [2.24, 2.45) is 7.05 Å². The van der Waals surface area contributed by atoms with Crippen molar-refractivity contribution in [1.82, 2.24) is 24.5 Å². The van der Waals surface area contributed by atoms with Crippen LogP contribution in [0.1, 0.15) is 11.4 Å². The smallest absolute Gasteiger partial charge is 0.231 e. The molecular weight excluding hydrogens is 285 g/mol. The molecule has 1 heterocycles. The number of hydrogen-bond acceptors (Lipinski definition) is 5. The van der Waals surface area contributed by atoms with Gasteiger partial charge in [-0.15, -0.1) is 5.10 Å². The van der Waals surface area contributed by atoms with Gasteiger partial charge in [-0.2, -0.15) is 4.31 Å². The summed E-state index contributed by atoms with van der Waals surface area (Å²) in [6.45, 7) is 1.58. The van der Waals surface area contributed by atoms with Gasteiger partial charge in [0.15, 0.2) is 5.82 Å². The minimum atomic E-state index is -3.72. The molecule has 0 spiro atoms. The zero-order valence-corrected chi connectivity index (χ0v) is 12.1. The second-order valence-electron chi connectivity index (χ2n) is 4.39. The summed E-state index contributed by atoms with van der Waals surface area (Å²) in [5, 5.41) is 10.8. The van der Waals surface area contributed by atoms with Crippen molar-refractivity contribution in [1.29, 1.82) is 0 Å². The van der Waals surface area contributed by atoms with E-state index in [2.05, 4.69) is 15.5 Å². The van der Waals surface area contributed by atoms with E-state index in [1.807, 2.05) is 0 Å². The third-order valence-corrected chi connectivity index (χ3v) is 4.86. The third kappa shape index (κ3) is 2.68. The molecule has 0 bridgehead atoms. The Morgan fingerprint density at radius 2 is 2.10 bits per heavy atom. The second kappa shape index (κ2) is 5.25. The van der Waals surface area contributed by atoms with Crippen LogP contribution < -0.4 is 0 Å². The quantitative estimate of drug-likeness (QED) is 0.820. The molecule has 108 valence electrons. The number of benzene rings is 1. The lowest BCUT2D eigenvalue weighted by Crippen LogP contribution is -2.28. The second-order valence-corrected chi connectivity index (χ2v) is 6.40. The average Bonchev–Trinajstić information content (AvgIpc) is 2.74. The SMILES string of the molecule is Cc1cc(F)ccc1S(=O)(=O)N(C)Cc1nnnn1C. The fourth-order valence-corrected chi connectivity index (χ4v) is 3.06. The number of tetrazole rings is 1. The molecule has 2 rings (SSSR count). The summed E-state index contributed by atoms with van der Waals surface area (Å²) in [7, 11) is -0.674. The molecule has 0 fully saturated rings. The molecule has 0 amide bonds. The fourth-order valence-electron chi connectivity index (χ4n) is 1.74. The number of aromatic nitrogens is 4. The van der Waals surface area contributed by atoms with Gasteiger partial charge in [0, 0.05) is 14.1 Å². The maximum Gasteiger partial charge on any atom is 0.243 e. The highest BCUT2D eigenvalue weighted by Crippen LogP contribution is 2.20. The van der Waals surface area contributed by atoms with Gasteiger partial charge in [0.25, 0.3) is 0 Å². The normalized spacial score (nSPS) is 12.1. The largest absolute Gasteiger partial charge is 0.243 e. The van der Waals surface area contributed by atoms with Gasteiger partial charge in [0.2, 0.25) is 10.0 Å². The van der Waals surface area contributed by atoms with Crippen LogP contribution in [0.3, 0.4) is 0 Å². The van der Waals surface area contributed by atoms with Crippen LogP contribution in [0.2, 0.25) is 0 Å². The first kappa shape index (κ1) is 14.5. The molecule has 7 nitrogen and oxygen atoms in total. The average molecular weight is 299 g/mol. The standard InChI is InChI=1S/C11H14FN5O2S/c1-8-6-9(12)4-5-10(8)20(18,19)16(2)7-11-13-14-15-17(11)3/h4-6H,7H2,1-3H3. The highest BCUT2D eigenvalue weighted by molar-refractivity contribution is 7.89. The summed E-state index contributed by atoms with van der Waals surface area (Å²) in [4.78, 5) is 0.0662. The monoisotopic (exact) mass is 299 g/mol. The Morgan fingerprint density at radius 1 is 1.40 bits per heavy atom. The van der Waals surface area contributed by atoms with E-state index < -0.39 is 15.8 Å². The first-order chi connectivity index (χ1) is 9.32. The lowest BCUT2D eigenvalue weighted by molar-refractivity contribution is 0.447. The minimum absolute atomic E-state index is 0.0304. The summed E-state index contributed by atoms with van der Waals surface area (Å²) >= 11 is 0. The van der Waals surface area contributed by atoms with Crippen molar-refractivity contribution in [3.05, 3.63) is 35.4 Å². The van der Waals surface area contributed by atoms with Crippen molar-refractivity contribution < 1.29 is 12.8 Å². The first-order valence-corrected chi connectivity index (χ1v) is 7.20. The topological polar surface area (TPSA) is 81.0 Å². The summed E-state index contributed by atoms with van der Waals surface area (Å²) in [6.07, 6.45) is 0. The predicted molar refractivity (Wildman–Crippen MR) is 68.6 cm³/mol. The molecule has 0 aliphatic rings. The predicted octanol–water partition coefficient (Wildman–Crippen LogP) is 0.478. The van der Waals surface area contributed by atoms with Gasteiger partial charge in [0.05, 0.1) is 11.4 Å². The summed E-state index contributed by atoms with van der Waals surface area (Å²) in [6, 6.07) is 3.56. The number of nitrogens with zero attached hydrogens (tertiary/aromatic N) is 5. The van der Waals surface area contributed by atoms with E-state index in [1.54, 1.807) is 14.0 Å².